The predicted molar refractivity (Wildman–Crippen MR) is 58.3 cm³/mol. The van der Waals surface area contributed by atoms with Crippen LogP contribution in [0.2, 0.25) is 5.15 Å². The number of nitrogens with zero attached hydrogens (tertiary/aromatic N) is 2. The zero-order valence-electron chi connectivity index (χ0n) is 8.07. The zero-order valence-corrected chi connectivity index (χ0v) is 9.64. The maximum atomic E-state index is 11.4. The van der Waals surface area contributed by atoms with Gasteiger partial charge in [-0.1, -0.05) is 11.6 Å². The molecule has 0 aromatic carbocycles. The molecule has 1 N–H and O–H groups in total. The molecule has 0 bridgehead atoms. The van der Waals surface area contributed by atoms with Gasteiger partial charge < -0.3 is 5.32 Å². The van der Waals surface area contributed by atoms with Gasteiger partial charge in [0.1, 0.15) is 10.8 Å². The molecule has 0 saturated carbocycles. The smallest absolute Gasteiger partial charge is 0.271 e. The van der Waals surface area contributed by atoms with Gasteiger partial charge in [-0.05, 0) is 0 Å². The largest absolute Gasteiger partial charge is 0.350 e. The van der Waals surface area contributed by atoms with Crippen molar-refractivity contribution in [2.24, 2.45) is 0 Å². The zero-order chi connectivity index (χ0) is 11.3. The van der Waals surface area contributed by atoms with Crippen LogP contribution in [-0.4, -0.2) is 38.6 Å². The number of rotatable bonds is 4. The number of carbonyl (C=O) groups excluding carboxylic acids is 1. The molecule has 1 aromatic heterocycles. The maximum Gasteiger partial charge on any atom is 0.271 e. The molecule has 0 aliphatic carbocycles. The van der Waals surface area contributed by atoms with Crippen molar-refractivity contribution in [2.75, 3.05) is 18.6 Å². The summed E-state index contributed by atoms with van der Waals surface area (Å²) in [4.78, 5) is 18.9. The summed E-state index contributed by atoms with van der Waals surface area (Å²) in [6.07, 6.45) is 4.24. The van der Waals surface area contributed by atoms with Crippen LogP contribution in [0.3, 0.4) is 0 Å². The van der Waals surface area contributed by atoms with Crippen LogP contribution in [0.25, 0.3) is 0 Å². The molecule has 5 nitrogen and oxygen atoms in total. The van der Waals surface area contributed by atoms with E-state index in [1.807, 2.05) is 0 Å². The van der Waals surface area contributed by atoms with E-state index >= 15 is 0 Å². The van der Waals surface area contributed by atoms with Crippen molar-refractivity contribution in [3.63, 3.8) is 0 Å². The number of hydrogen-bond acceptors (Lipinski definition) is 4. The molecular weight excluding hydrogens is 238 g/mol. The van der Waals surface area contributed by atoms with Crippen molar-refractivity contribution in [3.8, 4) is 0 Å². The summed E-state index contributed by atoms with van der Waals surface area (Å²) in [5.74, 6) is 0.0511. The third-order valence-corrected chi connectivity index (χ3v) is 2.47. The number of nitrogens with one attached hydrogen (secondary N) is 1. The first-order valence-electron chi connectivity index (χ1n) is 4.15. The lowest BCUT2D eigenvalue weighted by Crippen LogP contribution is -2.28. The molecule has 0 aliphatic heterocycles. The quantitative estimate of drug-likeness (QED) is 0.827. The Balaban J connectivity index is 2.50. The monoisotopic (exact) mass is 247 g/mol. The van der Waals surface area contributed by atoms with Gasteiger partial charge in [0.15, 0.2) is 0 Å². The van der Waals surface area contributed by atoms with Crippen LogP contribution < -0.4 is 5.32 Å². The van der Waals surface area contributed by atoms with E-state index in [2.05, 4.69) is 15.3 Å². The third-order valence-electron chi connectivity index (χ3n) is 1.51. The molecule has 1 heterocycles. The Bertz CT molecular complexity index is 386. The molecule has 0 fully saturated rings. The fourth-order valence-corrected chi connectivity index (χ4v) is 1.39. The second-order valence-corrected chi connectivity index (χ2v) is 4.70. The van der Waals surface area contributed by atoms with E-state index in [1.165, 1.54) is 12.4 Å². The highest BCUT2D eigenvalue weighted by molar-refractivity contribution is 7.84. The van der Waals surface area contributed by atoms with Gasteiger partial charge in [-0.2, -0.15) is 0 Å². The van der Waals surface area contributed by atoms with E-state index in [9.17, 15) is 9.00 Å². The number of amides is 1. The van der Waals surface area contributed by atoms with Crippen LogP contribution in [0.5, 0.6) is 0 Å². The molecule has 0 spiro atoms. The van der Waals surface area contributed by atoms with Crippen molar-refractivity contribution >= 4 is 28.3 Å². The van der Waals surface area contributed by atoms with E-state index in [0.29, 0.717) is 12.3 Å². The van der Waals surface area contributed by atoms with Crippen LogP contribution >= 0.6 is 11.6 Å². The summed E-state index contributed by atoms with van der Waals surface area (Å²) in [5, 5.41) is 2.73. The molecule has 0 radical (unpaired) electrons. The summed E-state index contributed by atoms with van der Waals surface area (Å²) >= 11 is 5.57. The molecule has 1 aromatic rings. The summed E-state index contributed by atoms with van der Waals surface area (Å²) in [7, 11) is -0.920. The minimum absolute atomic E-state index is 0.157. The van der Waals surface area contributed by atoms with E-state index in [1.54, 1.807) is 6.26 Å². The highest BCUT2D eigenvalue weighted by Crippen LogP contribution is 2.01. The number of hydrogen-bond donors (Lipinski definition) is 1. The molecule has 0 aliphatic rings. The Morgan fingerprint density at radius 2 is 2.33 bits per heavy atom. The topological polar surface area (TPSA) is 72.0 Å². The number of halogens is 1. The van der Waals surface area contributed by atoms with Crippen molar-refractivity contribution in [1.29, 1.82) is 0 Å². The van der Waals surface area contributed by atoms with Crippen molar-refractivity contribution < 1.29 is 9.00 Å². The SMILES string of the molecule is CS(=O)CCNC(=O)c1cncc(Cl)n1. The van der Waals surface area contributed by atoms with Gasteiger partial charge in [0.2, 0.25) is 0 Å². The van der Waals surface area contributed by atoms with Gasteiger partial charge in [0.05, 0.1) is 12.4 Å². The normalized spacial score (nSPS) is 12.1. The lowest BCUT2D eigenvalue weighted by Gasteiger charge is -2.02. The summed E-state index contributed by atoms with van der Waals surface area (Å²) in [5.41, 5.74) is 0.157. The highest BCUT2D eigenvalue weighted by atomic mass is 35.5. The number of aromatic nitrogens is 2. The standard InChI is InChI=1S/C8H10ClN3O2S/c1-15(14)3-2-11-8(13)6-4-10-5-7(9)12-6/h4-5H,2-3H2,1H3,(H,11,13). The molecule has 1 rings (SSSR count). The maximum absolute atomic E-state index is 11.4. The Morgan fingerprint density at radius 1 is 1.60 bits per heavy atom. The van der Waals surface area contributed by atoms with Crippen LogP contribution in [0.4, 0.5) is 0 Å². The Hall–Kier alpha value is -1.01. The Kier molecular flexibility index (Phi) is 4.64. The van der Waals surface area contributed by atoms with Gasteiger partial charge in [0.25, 0.3) is 5.91 Å². The van der Waals surface area contributed by atoms with Gasteiger partial charge in [-0.15, -0.1) is 0 Å². The van der Waals surface area contributed by atoms with Crippen LogP contribution in [0.15, 0.2) is 12.4 Å². The second kappa shape index (κ2) is 5.77. The lowest BCUT2D eigenvalue weighted by atomic mass is 10.4. The number of carbonyl (C=O) groups is 1. The minimum Gasteiger partial charge on any atom is -0.350 e. The average Bonchev–Trinajstić information content (AvgIpc) is 2.17. The first-order valence-corrected chi connectivity index (χ1v) is 6.26. The first kappa shape index (κ1) is 12.1. The Morgan fingerprint density at radius 3 is 2.93 bits per heavy atom. The molecule has 0 saturated heterocycles. The van der Waals surface area contributed by atoms with Gasteiger partial charge in [-0.3, -0.25) is 14.0 Å². The average molecular weight is 248 g/mol. The third kappa shape index (κ3) is 4.35. The second-order valence-electron chi connectivity index (χ2n) is 2.76. The molecule has 1 unspecified atom stereocenters. The van der Waals surface area contributed by atoms with Gasteiger partial charge >= 0.3 is 0 Å². The van der Waals surface area contributed by atoms with Crippen molar-refractivity contribution in [2.45, 2.75) is 0 Å². The molecule has 1 atom stereocenters. The van der Waals surface area contributed by atoms with E-state index in [0.717, 1.165) is 0 Å². The van der Waals surface area contributed by atoms with Crippen molar-refractivity contribution in [3.05, 3.63) is 23.2 Å². The molecule has 82 valence electrons. The van der Waals surface area contributed by atoms with Crippen LogP contribution in [-0.2, 0) is 10.8 Å². The van der Waals surface area contributed by atoms with Gasteiger partial charge in [-0.25, -0.2) is 4.98 Å². The van der Waals surface area contributed by atoms with Gasteiger partial charge in [0, 0.05) is 29.4 Å². The minimum atomic E-state index is -0.920. The van der Waals surface area contributed by atoms with Crippen LogP contribution in [0.1, 0.15) is 10.5 Å². The predicted octanol–water partition coefficient (Wildman–Crippen LogP) is 0.238. The van der Waals surface area contributed by atoms with E-state index in [-0.39, 0.29) is 16.8 Å². The molecule has 1 amide bonds. The van der Waals surface area contributed by atoms with Crippen molar-refractivity contribution in [1.82, 2.24) is 15.3 Å². The first-order chi connectivity index (χ1) is 7.09. The fraction of sp³-hybridized carbons (Fsp3) is 0.375. The fourth-order valence-electron chi connectivity index (χ4n) is 0.850. The van der Waals surface area contributed by atoms with Crippen LogP contribution in [0, 0.1) is 0 Å². The summed E-state index contributed by atoms with van der Waals surface area (Å²) in [6, 6.07) is 0. The summed E-state index contributed by atoms with van der Waals surface area (Å²) < 4.78 is 10.7. The Labute approximate surface area is 94.7 Å². The highest BCUT2D eigenvalue weighted by Gasteiger charge is 2.07. The lowest BCUT2D eigenvalue weighted by molar-refractivity contribution is 0.0951. The summed E-state index contributed by atoms with van der Waals surface area (Å²) in [6.45, 7) is 0.343. The van der Waals surface area contributed by atoms with E-state index < -0.39 is 10.8 Å². The molecule has 15 heavy (non-hydrogen) atoms. The molecule has 7 heteroatoms. The molecular formula is C8H10ClN3O2S. The van der Waals surface area contributed by atoms with E-state index in [4.69, 9.17) is 11.6 Å².